The molecule has 3 aromatic rings. The minimum atomic E-state index is -4.89. The Morgan fingerprint density at radius 3 is 2.09 bits per heavy atom. The first kappa shape index (κ1) is 23.1. The normalized spacial score (nSPS) is 11.7. The van der Waals surface area contributed by atoms with Gasteiger partial charge in [0.25, 0.3) is 15.9 Å². The Bertz CT molecular complexity index is 1220. The lowest BCUT2D eigenvalue weighted by Crippen LogP contribution is -2.19. The Labute approximate surface area is 183 Å². The van der Waals surface area contributed by atoms with Crippen LogP contribution in [0.5, 0.6) is 5.75 Å². The molecule has 0 fully saturated rings. The van der Waals surface area contributed by atoms with E-state index in [0.717, 1.165) is 35.4 Å². The van der Waals surface area contributed by atoms with Gasteiger partial charge in [0, 0.05) is 5.69 Å². The van der Waals surface area contributed by atoms with Crippen LogP contribution in [0.2, 0.25) is 0 Å². The van der Waals surface area contributed by atoms with E-state index < -0.39 is 28.0 Å². The zero-order valence-electron chi connectivity index (χ0n) is 17.0. The molecule has 0 aliphatic heterocycles. The first-order valence-electron chi connectivity index (χ1n) is 9.30. The van der Waals surface area contributed by atoms with Crippen molar-refractivity contribution in [3.63, 3.8) is 0 Å². The Morgan fingerprint density at radius 1 is 0.906 bits per heavy atom. The van der Waals surface area contributed by atoms with Crippen LogP contribution in [0.1, 0.15) is 21.5 Å². The predicted molar refractivity (Wildman–Crippen MR) is 114 cm³/mol. The van der Waals surface area contributed by atoms with Crippen molar-refractivity contribution in [2.75, 3.05) is 10.0 Å². The summed E-state index contributed by atoms with van der Waals surface area (Å²) >= 11 is 0. The molecule has 0 saturated carbocycles. The van der Waals surface area contributed by atoms with Gasteiger partial charge in [-0.2, -0.15) is 0 Å². The van der Waals surface area contributed by atoms with E-state index in [1.807, 2.05) is 19.9 Å². The number of alkyl halides is 3. The van der Waals surface area contributed by atoms with Crippen LogP contribution in [0.3, 0.4) is 0 Å². The molecule has 0 aliphatic rings. The molecule has 6 nitrogen and oxygen atoms in total. The summed E-state index contributed by atoms with van der Waals surface area (Å²) in [6.45, 7) is 3.77. The van der Waals surface area contributed by atoms with E-state index in [1.165, 1.54) is 12.1 Å². The van der Waals surface area contributed by atoms with Gasteiger partial charge >= 0.3 is 6.36 Å². The van der Waals surface area contributed by atoms with Crippen molar-refractivity contribution in [3.8, 4) is 5.75 Å². The zero-order valence-corrected chi connectivity index (χ0v) is 17.8. The van der Waals surface area contributed by atoms with Gasteiger partial charge in [0.15, 0.2) is 0 Å². The number of halogens is 3. The number of nitrogens with one attached hydrogen (secondary N) is 2. The van der Waals surface area contributed by atoms with Crippen molar-refractivity contribution in [1.29, 1.82) is 0 Å². The highest BCUT2D eigenvalue weighted by atomic mass is 32.2. The lowest BCUT2D eigenvalue weighted by molar-refractivity contribution is -0.274. The van der Waals surface area contributed by atoms with Crippen molar-refractivity contribution in [2.45, 2.75) is 25.1 Å². The molecule has 0 spiro atoms. The third-order valence-corrected chi connectivity index (χ3v) is 5.64. The number of carbonyl (C=O) groups is 1. The molecular weight excluding hydrogens is 445 g/mol. The molecule has 3 aromatic carbocycles. The van der Waals surface area contributed by atoms with Gasteiger partial charge in [-0.1, -0.05) is 18.2 Å². The van der Waals surface area contributed by atoms with Gasteiger partial charge in [-0.25, -0.2) is 8.42 Å². The maximum Gasteiger partial charge on any atom is 0.573 e. The second kappa shape index (κ2) is 8.91. The topological polar surface area (TPSA) is 84.5 Å². The van der Waals surface area contributed by atoms with Crippen LogP contribution in [0, 0.1) is 13.8 Å². The van der Waals surface area contributed by atoms with Gasteiger partial charge in [-0.3, -0.25) is 9.52 Å². The molecule has 0 radical (unpaired) electrons. The minimum absolute atomic E-state index is 0.0185. The number of rotatable bonds is 6. The molecule has 32 heavy (non-hydrogen) atoms. The fourth-order valence-corrected chi connectivity index (χ4v) is 4.12. The van der Waals surface area contributed by atoms with E-state index >= 15 is 0 Å². The monoisotopic (exact) mass is 464 g/mol. The van der Waals surface area contributed by atoms with Crippen LogP contribution in [-0.2, 0) is 10.0 Å². The molecule has 0 atom stereocenters. The smallest absolute Gasteiger partial charge is 0.406 e. The van der Waals surface area contributed by atoms with Crippen molar-refractivity contribution in [1.82, 2.24) is 0 Å². The largest absolute Gasteiger partial charge is 0.573 e. The highest BCUT2D eigenvalue weighted by Crippen LogP contribution is 2.26. The summed E-state index contributed by atoms with van der Waals surface area (Å²) in [5.74, 6) is -1.08. The average molecular weight is 464 g/mol. The van der Waals surface area contributed by atoms with Crippen molar-refractivity contribution < 1.29 is 31.1 Å². The Hall–Kier alpha value is -3.53. The van der Waals surface area contributed by atoms with E-state index in [0.29, 0.717) is 5.69 Å². The van der Waals surface area contributed by atoms with Crippen molar-refractivity contribution in [2.24, 2.45) is 0 Å². The molecule has 168 valence electrons. The second-order valence-electron chi connectivity index (χ2n) is 7.00. The number of sulfonamides is 1. The molecule has 0 aliphatic carbocycles. The van der Waals surface area contributed by atoms with Gasteiger partial charge < -0.3 is 10.1 Å². The minimum Gasteiger partial charge on any atom is -0.406 e. The average Bonchev–Trinajstić information content (AvgIpc) is 2.66. The van der Waals surface area contributed by atoms with Crippen LogP contribution in [0.15, 0.2) is 71.6 Å². The maximum atomic E-state index is 12.8. The highest BCUT2D eigenvalue weighted by molar-refractivity contribution is 7.92. The first-order chi connectivity index (χ1) is 14.9. The van der Waals surface area contributed by atoms with Crippen LogP contribution >= 0.6 is 0 Å². The van der Waals surface area contributed by atoms with E-state index in [9.17, 15) is 26.4 Å². The van der Waals surface area contributed by atoms with Crippen molar-refractivity contribution in [3.05, 3.63) is 83.4 Å². The predicted octanol–water partition coefficient (Wildman–Crippen LogP) is 5.26. The van der Waals surface area contributed by atoms with Gasteiger partial charge in [0.05, 0.1) is 16.1 Å². The van der Waals surface area contributed by atoms with Crippen LogP contribution in [0.25, 0.3) is 0 Å². The molecule has 0 unspecified atom stereocenters. The lowest BCUT2D eigenvalue weighted by Gasteiger charge is -2.14. The summed E-state index contributed by atoms with van der Waals surface area (Å²) in [5, 5.41) is 2.74. The number of amides is 1. The molecule has 1 amide bonds. The third-order valence-electron chi connectivity index (χ3n) is 4.26. The van der Waals surface area contributed by atoms with E-state index in [1.54, 1.807) is 24.3 Å². The fourth-order valence-electron chi connectivity index (χ4n) is 3.04. The molecule has 10 heteroatoms. The standard InChI is InChI=1S/C22H19F3N2O4S/c1-14-11-15(2)13-16(12-14)26-21(28)19-5-3-4-6-20(19)27-32(29,30)18-9-7-17(8-10-18)31-22(23,24)25/h3-13,27H,1-2H3,(H,26,28). The summed E-state index contributed by atoms with van der Waals surface area (Å²) in [7, 11) is -4.18. The number of benzene rings is 3. The summed E-state index contributed by atoms with van der Waals surface area (Å²) in [6, 6.07) is 15.2. The molecule has 0 aromatic heterocycles. The van der Waals surface area contributed by atoms with Crippen LogP contribution in [-0.4, -0.2) is 20.7 Å². The lowest BCUT2D eigenvalue weighted by atomic mass is 10.1. The van der Waals surface area contributed by atoms with Crippen LogP contribution in [0.4, 0.5) is 24.5 Å². The number of ether oxygens (including phenoxy) is 1. The van der Waals surface area contributed by atoms with Crippen molar-refractivity contribution >= 4 is 27.3 Å². The highest BCUT2D eigenvalue weighted by Gasteiger charge is 2.31. The number of carbonyl (C=O) groups excluding carboxylic acids is 1. The third kappa shape index (κ3) is 6.01. The number of anilines is 2. The summed E-state index contributed by atoms with van der Waals surface area (Å²) in [4.78, 5) is 12.5. The Balaban J connectivity index is 1.82. The fraction of sp³-hybridized carbons (Fsp3) is 0.136. The number of aryl methyl sites for hydroxylation is 2. The second-order valence-corrected chi connectivity index (χ2v) is 8.68. The Morgan fingerprint density at radius 2 is 1.50 bits per heavy atom. The van der Waals surface area contributed by atoms with Gasteiger partial charge in [-0.05, 0) is 73.5 Å². The SMILES string of the molecule is Cc1cc(C)cc(NC(=O)c2ccccc2NS(=O)(=O)c2ccc(OC(F)(F)F)cc2)c1. The molecular formula is C22H19F3N2O4S. The summed E-state index contributed by atoms with van der Waals surface area (Å²) in [6.07, 6.45) is -4.89. The van der Waals surface area contributed by atoms with Crippen LogP contribution < -0.4 is 14.8 Å². The number of para-hydroxylation sites is 1. The summed E-state index contributed by atoms with van der Waals surface area (Å²) < 4.78 is 68.4. The van der Waals surface area contributed by atoms with E-state index in [2.05, 4.69) is 14.8 Å². The molecule has 3 rings (SSSR count). The van der Waals surface area contributed by atoms with Gasteiger partial charge in [0.2, 0.25) is 0 Å². The number of hydrogen-bond donors (Lipinski definition) is 2. The number of hydrogen-bond acceptors (Lipinski definition) is 4. The van der Waals surface area contributed by atoms with E-state index in [4.69, 9.17) is 0 Å². The molecule has 0 saturated heterocycles. The zero-order chi connectivity index (χ0) is 23.5. The molecule has 2 N–H and O–H groups in total. The first-order valence-corrected chi connectivity index (χ1v) is 10.8. The quantitative estimate of drug-likeness (QED) is 0.522. The van der Waals surface area contributed by atoms with Gasteiger partial charge in [-0.15, -0.1) is 13.2 Å². The molecule has 0 heterocycles. The summed E-state index contributed by atoms with van der Waals surface area (Å²) in [5.41, 5.74) is 2.56. The Kier molecular flexibility index (Phi) is 6.45. The van der Waals surface area contributed by atoms with E-state index in [-0.39, 0.29) is 16.1 Å². The maximum absolute atomic E-state index is 12.8. The molecule has 0 bridgehead atoms. The van der Waals surface area contributed by atoms with Gasteiger partial charge in [0.1, 0.15) is 5.75 Å².